The summed E-state index contributed by atoms with van der Waals surface area (Å²) in [6, 6.07) is 2.02. The number of oxime groups is 1. The Morgan fingerprint density at radius 3 is 3.13 bits per heavy atom. The van der Waals surface area contributed by atoms with Gasteiger partial charge in [-0.05, 0) is 31.8 Å². The molecular weight excluding hydrogens is 212 g/mol. The smallest absolute Gasteiger partial charge is 0.175 e. The van der Waals surface area contributed by atoms with Crippen molar-refractivity contribution in [1.29, 1.82) is 0 Å². The molecular formula is C10H14N2O2S. The third-order valence-electron chi connectivity index (χ3n) is 2.32. The molecule has 1 aliphatic rings. The van der Waals surface area contributed by atoms with Crippen molar-refractivity contribution in [2.45, 2.75) is 24.4 Å². The monoisotopic (exact) mass is 226 g/mol. The summed E-state index contributed by atoms with van der Waals surface area (Å²) in [6.45, 7) is 0. The van der Waals surface area contributed by atoms with Crippen LogP contribution in [0.2, 0.25) is 0 Å². The van der Waals surface area contributed by atoms with Crippen molar-refractivity contribution in [3.63, 3.8) is 0 Å². The first kappa shape index (κ1) is 10.6. The molecule has 15 heavy (non-hydrogen) atoms. The SMILES string of the molecule is CNSc1cc2c(o1)CCC/C2=N/OC. The van der Waals surface area contributed by atoms with Crippen LogP contribution in [0.15, 0.2) is 20.7 Å². The van der Waals surface area contributed by atoms with Gasteiger partial charge in [0.05, 0.1) is 5.71 Å². The molecule has 2 rings (SSSR count). The molecule has 0 unspecified atom stereocenters. The van der Waals surface area contributed by atoms with Crippen LogP contribution in [0.5, 0.6) is 0 Å². The zero-order valence-corrected chi connectivity index (χ0v) is 9.69. The maximum absolute atomic E-state index is 5.69. The second-order valence-corrected chi connectivity index (χ2v) is 4.30. The van der Waals surface area contributed by atoms with Crippen LogP contribution in [-0.2, 0) is 11.3 Å². The quantitative estimate of drug-likeness (QED) is 0.634. The summed E-state index contributed by atoms with van der Waals surface area (Å²) in [5.74, 6) is 1.02. The summed E-state index contributed by atoms with van der Waals surface area (Å²) in [4.78, 5) is 4.83. The van der Waals surface area contributed by atoms with Crippen LogP contribution in [0.25, 0.3) is 0 Å². The topological polar surface area (TPSA) is 46.8 Å². The number of rotatable bonds is 3. The van der Waals surface area contributed by atoms with Crippen molar-refractivity contribution in [3.8, 4) is 0 Å². The second kappa shape index (κ2) is 4.72. The van der Waals surface area contributed by atoms with Crippen LogP contribution < -0.4 is 4.72 Å². The Morgan fingerprint density at radius 2 is 2.40 bits per heavy atom. The Balaban J connectivity index is 2.30. The number of aryl methyl sites for hydroxylation is 1. The number of furan rings is 1. The summed E-state index contributed by atoms with van der Waals surface area (Å²) in [7, 11) is 3.45. The van der Waals surface area contributed by atoms with E-state index in [1.54, 1.807) is 7.11 Å². The molecule has 0 aliphatic heterocycles. The van der Waals surface area contributed by atoms with E-state index in [1.165, 1.54) is 11.9 Å². The minimum absolute atomic E-state index is 0.883. The van der Waals surface area contributed by atoms with E-state index in [4.69, 9.17) is 9.25 Å². The highest BCUT2D eigenvalue weighted by atomic mass is 32.2. The molecule has 1 aromatic rings. The highest BCUT2D eigenvalue weighted by molar-refractivity contribution is 7.97. The van der Waals surface area contributed by atoms with Gasteiger partial charge >= 0.3 is 0 Å². The lowest BCUT2D eigenvalue weighted by Crippen LogP contribution is -2.09. The molecule has 5 heteroatoms. The van der Waals surface area contributed by atoms with E-state index in [2.05, 4.69) is 9.88 Å². The number of hydrogen-bond acceptors (Lipinski definition) is 5. The van der Waals surface area contributed by atoms with Crippen molar-refractivity contribution in [1.82, 2.24) is 4.72 Å². The zero-order valence-electron chi connectivity index (χ0n) is 8.87. The van der Waals surface area contributed by atoms with Gasteiger partial charge in [-0.2, -0.15) is 0 Å². The van der Waals surface area contributed by atoms with E-state index < -0.39 is 0 Å². The molecule has 4 nitrogen and oxygen atoms in total. The van der Waals surface area contributed by atoms with E-state index in [-0.39, 0.29) is 0 Å². The summed E-state index contributed by atoms with van der Waals surface area (Å²) < 4.78 is 8.68. The molecule has 0 bridgehead atoms. The Kier molecular flexibility index (Phi) is 3.33. The Morgan fingerprint density at radius 1 is 1.53 bits per heavy atom. The highest BCUT2D eigenvalue weighted by Gasteiger charge is 2.21. The second-order valence-electron chi connectivity index (χ2n) is 3.28. The lowest BCUT2D eigenvalue weighted by atomic mass is 9.97. The molecule has 0 saturated carbocycles. The van der Waals surface area contributed by atoms with Gasteiger partial charge < -0.3 is 9.25 Å². The van der Waals surface area contributed by atoms with E-state index in [9.17, 15) is 0 Å². The molecule has 1 heterocycles. The fourth-order valence-electron chi connectivity index (χ4n) is 1.74. The predicted molar refractivity (Wildman–Crippen MR) is 60.1 cm³/mol. The summed E-state index contributed by atoms with van der Waals surface area (Å²) in [5, 5.41) is 4.91. The summed E-state index contributed by atoms with van der Waals surface area (Å²) in [5.41, 5.74) is 2.09. The average Bonchev–Trinajstić information content (AvgIpc) is 2.62. The van der Waals surface area contributed by atoms with Crippen molar-refractivity contribution >= 4 is 17.7 Å². The number of fused-ring (bicyclic) bond motifs is 1. The normalized spacial score (nSPS) is 17.9. The highest BCUT2D eigenvalue weighted by Crippen LogP contribution is 2.29. The van der Waals surface area contributed by atoms with Crippen LogP contribution in [0.1, 0.15) is 24.2 Å². The fourth-order valence-corrected chi connectivity index (χ4v) is 2.26. The lowest BCUT2D eigenvalue weighted by molar-refractivity contribution is 0.212. The minimum atomic E-state index is 0.883. The van der Waals surface area contributed by atoms with Gasteiger partial charge in [-0.3, -0.25) is 4.72 Å². The molecule has 82 valence electrons. The van der Waals surface area contributed by atoms with E-state index >= 15 is 0 Å². The van der Waals surface area contributed by atoms with E-state index in [0.29, 0.717) is 0 Å². The van der Waals surface area contributed by atoms with Crippen molar-refractivity contribution < 1.29 is 9.25 Å². The van der Waals surface area contributed by atoms with Gasteiger partial charge in [0, 0.05) is 18.1 Å². The standard InChI is InChI=1S/C10H14N2O2S/c1-11-15-10-6-7-8(12-13-2)4-3-5-9(7)14-10/h6,11H,3-5H2,1-2H3/b12-8-. The number of nitrogens with one attached hydrogen (secondary N) is 1. The van der Waals surface area contributed by atoms with Gasteiger partial charge in [-0.15, -0.1) is 0 Å². The van der Waals surface area contributed by atoms with Gasteiger partial charge in [0.25, 0.3) is 0 Å². The van der Waals surface area contributed by atoms with Gasteiger partial charge in [0.2, 0.25) is 0 Å². The van der Waals surface area contributed by atoms with Crippen LogP contribution in [0.4, 0.5) is 0 Å². The lowest BCUT2D eigenvalue weighted by Gasteiger charge is -2.10. The maximum Gasteiger partial charge on any atom is 0.175 e. The first-order valence-electron chi connectivity index (χ1n) is 4.92. The van der Waals surface area contributed by atoms with Crippen LogP contribution in [-0.4, -0.2) is 19.9 Å². The summed E-state index contributed by atoms with van der Waals surface area (Å²) >= 11 is 1.48. The van der Waals surface area contributed by atoms with Gasteiger partial charge in [0.15, 0.2) is 5.09 Å². The van der Waals surface area contributed by atoms with Crippen LogP contribution in [0.3, 0.4) is 0 Å². The Hall–Kier alpha value is -0.940. The molecule has 0 radical (unpaired) electrons. The van der Waals surface area contributed by atoms with Crippen molar-refractivity contribution in [2.24, 2.45) is 5.16 Å². The minimum Gasteiger partial charge on any atom is -0.453 e. The van der Waals surface area contributed by atoms with Gasteiger partial charge in [-0.25, -0.2) is 0 Å². The summed E-state index contributed by atoms with van der Waals surface area (Å²) in [6.07, 6.45) is 3.03. The first-order valence-corrected chi connectivity index (χ1v) is 5.73. The molecule has 0 amide bonds. The molecule has 0 saturated heterocycles. The first-order chi connectivity index (χ1) is 7.35. The van der Waals surface area contributed by atoms with E-state index in [0.717, 1.165) is 41.4 Å². The predicted octanol–water partition coefficient (Wildman–Crippen LogP) is 2.19. The Labute approximate surface area is 93.2 Å². The molecule has 0 spiro atoms. The third-order valence-corrected chi connectivity index (χ3v) is 2.93. The van der Waals surface area contributed by atoms with E-state index in [1.807, 2.05) is 13.1 Å². The average molecular weight is 226 g/mol. The van der Waals surface area contributed by atoms with Crippen LogP contribution in [0, 0.1) is 0 Å². The van der Waals surface area contributed by atoms with Gasteiger partial charge in [-0.1, -0.05) is 5.16 Å². The zero-order chi connectivity index (χ0) is 10.7. The molecule has 0 atom stereocenters. The molecule has 1 N–H and O–H groups in total. The van der Waals surface area contributed by atoms with Crippen LogP contribution >= 0.6 is 11.9 Å². The molecule has 1 aromatic heterocycles. The van der Waals surface area contributed by atoms with Gasteiger partial charge in [0.1, 0.15) is 12.9 Å². The fraction of sp³-hybridized carbons (Fsp3) is 0.500. The molecule has 0 fully saturated rings. The van der Waals surface area contributed by atoms with Crippen molar-refractivity contribution in [2.75, 3.05) is 14.2 Å². The molecule has 0 aromatic carbocycles. The maximum atomic E-state index is 5.69. The third kappa shape index (κ3) is 2.18. The Bertz CT molecular complexity index is 373. The molecule has 1 aliphatic carbocycles. The number of hydrogen-bond donors (Lipinski definition) is 1. The number of nitrogens with zero attached hydrogens (tertiary/aromatic N) is 1. The van der Waals surface area contributed by atoms with Crippen molar-refractivity contribution in [3.05, 3.63) is 17.4 Å². The largest absolute Gasteiger partial charge is 0.453 e.